The van der Waals surface area contributed by atoms with Gasteiger partial charge in [0, 0.05) is 13.0 Å². The van der Waals surface area contributed by atoms with Crippen molar-refractivity contribution in [3.8, 4) is 0 Å². The lowest BCUT2D eigenvalue weighted by molar-refractivity contribution is -0.148. The Morgan fingerprint density at radius 3 is 2.50 bits per heavy atom. The van der Waals surface area contributed by atoms with Crippen molar-refractivity contribution in [2.24, 2.45) is 0 Å². The largest absolute Gasteiger partial charge is 0.481 e. The van der Waals surface area contributed by atoms with E-state index >= 15 is 0 Å². The molecule has 1 aromatic carbocycles. The quantitative estimate of drug-likeness (QED) is 0.329. The lowest BCUT2D eigenvalue weighted by atomic mass is 9.90. The van der Waals surface area contributed by atoms with Gasteiger partial charge in [-0.1, -0.05) is 36.4 Å². The second-order valence-electron chi connectivity index (χ2n) is 7.89. The van der Waals surface area contributed by atoms with E-state index in [1.807, 2.05) is 6.07 Å². The average Bonchev–Trinajstić information content (AvgIpc) is 3.24. The Kier molecular flexibility index (Phi) is 9.60. The third kappa shape index (κ3) is 7.06. The van der Waals surface area contributed by atoms with Crippen molar-refractivity contribution in [1.29, 1.82) is 0 Å². The Hall–Kier alpha value is -3.89. The van der Waals surface area contributed by atoms with E-state index in [0.29, 0.717) is 6.42 Å². The molecule has 0 radical (unpaired) electrons. The van der Waals surface area contributed by atoms with Crippen molar-refractivity contribution in [1.82, 2.24) is 15.5 Å². The highest BCUT2D eigenvalue weighted by molar-refractivity contribution is 5.95. The van der Waals surface area contributed by atoms with Gasteiger partial charge in [-0.15, -0.1) is 6.58 Å². The Bertz CT molecular complexity index is 920. The van der Waals surface area contributed by atoms with Crippen LogP contribution in [0.5, 0.6) is 0 Å². The summed E-state index contributed by atoms with van der Waals surface area (Å²) in [6.07, 6.45) is 0.731. The number of nitrogens with one attached hydrogen (secondary N) is 2. The van der Waals surface area contributed by atoms with Crippen LogP contribution < -0.4 is 10.6 Å². The highest BCUT2D eigenvalue weighted by Crippen LogP contribution is 2.33. The molecule has 11 nitrogen and oxygen atoms in total. The summed E-state index contributed by atoms with van der Waals surface area (Å²) in [4.78, 5) is 61.7. The minimum atomic E-state index is -1.42. The molecule has 0 aliphatic carbocycles. The van der Waals surface area contributed by atoms with Gasteiger partial charge in [0.15, 0.2) is 0 Å². The van der Waals surface area contributed by atoms with Crippen LogP contribution in [0.15, 0.2) is 43.0 Å². The van der Waals surface area contributed by atoms with Crippen LogP contribution in [-0.4, -0.2) is 69.6 Å². The topological polar surface area (TPSA) is 162 Å². The number of hydrogen-bond acceptors (Lipinski definition) is 6. The highest BCUT2D eigenvalue weighted by Gasteiger charge is 2.49. The fraction of sp³-hybridized carbons (Fsp3) is 0.435. The van der Waals surface area contributed by atoms with Crippen molar-refractivity contribution >= 4 is 29.8 Å². The van der Waals surface area contributed by atoms with Gasteiger partial charge >= 0.3 is 18.0 Å². The van der Waals surface area contributed by atoms with Gasteiger partial charge in [-0.3, -0.25) is 14.4 Å². The van der Waals surface area contributed by atoms with E-state index in [0.717, 1.165) is 5.56 Å². The second-order valence-corrected chi connectivity index (χ2v) is 7.89. The van der Waals surface area contributed by atoms with Crippen LogP contribution in [-0.2, 0) is 30.5 Å². The summed E-state index contributed by atoms with van der Waals surface area (Å²) in [7, 11) is 0. The molecule has 34 heavy (non-hydrogen) atoms. The lowest BCUT2D eigenvalue weighted by Gasteiger charge is -2.37. The average molecular weight is 475 g/mol. The summed E-state index contributed by atoms with van der Waals surface area (Å²) in [5.41, 5.74) is -0.605. The van der Waals surface area contributed by atoms with Gasteiger partial charge in [-0.05, 0) is 31.2 Å². The van der Waals surface area contributed by atoms with Crippen molar-refractivity contribution in [2.45, 2.75) is 50.3 Å². The van der Waals surface area contributed by atoms with E-state index in [9.17, 15) is 29.1 Å². The summed E-state index contributed by atoms with van der Waals surface area (Å²) in [6, 6.07) is 7.57. The molecule has 0 saturated carbocycles. The van der Waals surface area contributed by atoms with Crippen molar-refractivity contribution in [2.75, 3.05) is 13.1 Å². The van der Waals surface area contributed by atoms with Gasteiger partial charge < -0.3 is 30.5 Å². The Morgan fingerprint density at radius 2 is 1.88 bits per heavy atom. The number of carbonyl (C=O) groups is 5. The van der Waals surface area contributed by atoms with Crippen molar-refractivity contribution < 1.29 is 38.9 Å². The number of benzene rings is 1. The zero-order valence-electron chi connectivity index (χ0n) is 18.7. The van der Waals surface area contributed by atoms with E-state index in [-0.39, 0.29) is 32.4 Å². The number of ether oxygens (including phenoxy) is 1. The molecule has 2 atom stereocenters. The molecule has 1 aliphatic heterocycles. The smallest absolute Gasteiger partial charge is 0.407 e. The number of rotatable bonds is 12. The molecule has 1 aromatic rings. The maximum Gasteiger partial charge on any atom is 0.407 e. The number of carboxylic acids is 2. The summed E-state index contributed by atoms with van der Waals surface area (Å²) < 4.78 is 5.08. The van der Waals surface area contributed by atoms with Crippen LogP contribution in [0.1, 0.15) is 37.7 Å². The minimum absolute atomic E-state index is 0.0281. The summed E-state index contributed by atoms with van der Waals surface area (Å²) in [6.45, 7) is 3.49. The molecular weight excluding hydrogens is 446 g/mol. The molecule has 3 amide bonds. The molecule has 1 heterocycles. The number of carbonyl (C=O) groups excluding carboxylic acids is 3. The fourth-order valence-corrected chi connectivity index (χ4v) is 3.86. The number of alkyl carbamates (subject to hydrolysis) is 1. The van der Waals surface area contributed by atoms with Gasteiger partial charge in [0.1, 0.15) is 24.7 Å². The van der Waals surface area contributed by atoms with Crippen LogP contribution in [0.3, 0.4) is 0 Å². The third-order valence-corrected chi connectivity index (χ3v) is 5.54. The first-order valence-electron chi connectivity index (χ1n) is 10.8. The monoisotopic (exact) mass is 475 g/mol. The predicted molar refractivity (Wildman–Crippen MR) is 120 cm³/mol. The number of amides is 3. The summed E-state index contributed by atoms with van der Waals surface area (Å²) >= 11 is 0. The van der Waals surface area contributed by atoms with Gasteiger partial charge in [0.05, 0.1) is 0 Å². The van der Waals surface area contributed by atoms with Crippen LogP contribution in [0, 0.1) is 0 Å². The molecule has 4 N–H and O–H groups in total. The van der Waals surface area contributed by atoms with Crippen LogP contribution in [0.25, 0.3) is 0 Å². The standard InChI is InChI=1S/C23H29N3O8/c1-2-11-23(21(32)25-17(20(30)31)9-10-19(28)29)12-6-13-26(23)18(27)14-24-22(33)34-15-16-7-4-3-5-8-16/h2-5,7-8,17H,1,6,9-15H2,(H,24,33)(H,25,32)(H,28,29)(H,30,31)/t17-,23-/m0/s1. The summed E-state index contributed by atoms with van der Waals surface area (Å²) in [5, 5.41) is 22.9. The van der Waals surface area contributed by atoms with Crippen LogP contribution >= 0.6 is 0 Å². The van der Waals surface area contributed by atoms with E-state index in [1.165, 1.54) is 11.0 Å². The zero-order valence-corrected chi connectivity index (χ0v) is 18.7. The number of nitrogens with zero attached hydrogens (tertiary/aromatic N) is 1. The molecule has 0 bridgehead atoms. The first kappa shape index (κ1) is 26.4. The number of aliphatic carboxylic acids is 2. The van der Waals surface area contributed by atoms with Gasteiger partial charge in [-0.2, -0.15) is 0 Å². The van der Waals surface area contributed by atoms with Gasteiger partial charge in [-0.25, -0.2) is 9.59 Å². The molecule has 0 unspecified atom stereocenters. The summed E-state index contributed by atoms with van der Waals surface area (Å²) in [5.74, 6) is -3.81. The first-order valence-corrected chi connectivity index (χ1v) is 10.8. The molecule has 1 aliphatic rings. The molecule has 11 heteroatoms. The third-order valence-electron chi connectivity index (χ3n) is 5.54. The number of carboxylic acid groups (broad SMARTS) is 2. The Morgan fingerprint density at radius 1 is 1.18 bits per heavy atom. The molecule has 1 saturated heterocycles. The zero-order chi connectivity index (χ0) is 25.1. The van der Waals surface area contributed by atoms with E-state index in [1.54, 1.807) is 24.3 Å². The molecule has 1 fully saturated rings. The van der Waals surface area contributed by atoms with E-state index < -0.39 is 54.4 Å². The molecular formula is C23H29N3O8. The predicted octanol–water partition coefficient (Wildman–Crippen LogP) is 1.28. The van der Waals surface area contributed by atoms with Crippen molar-refractivity contribution in [3.05, 3.63) is 48.6 Å². The molecule has 0 aromatic heterocycles. The Labute approximate surface area is 196 Å². The molecule has 0 spiro atoms. The molecule has 184 valence electrons. The van der Waals surface area contributed by atoms with E-state index in [2.05, 4.69) is 17.2 Å². The molecule has 2 rings (SSSR count). The van der Waals surface area contributed by atoms with Crippen molar-refractivity contribution in [3.63, 3.8) is 0 Å². The first-order chi connectivity index (χ1) is 16.2. The fourth-order valence-electron chi connectivity index (χ4n) is 3.86. The van der Waals surface area contributed by atoms with E-state index in [4.69, 9.17) is 9.84 Å². The minimum Gasteiger partial charge on any atom is -0.481 e. The number of hydrogen-bond donors (Lipinski definition) is 4. The van der Waals surface area contributed by atoms with Gasteiger partial charge in [0.25, 0.3) is 0 Å². The normalized spacial score (nSPS) is 17.9. The maximum absolute atomic E-state index is 13.2. The number of likely N-dealkylation sites (tertiary alicyclic amines) is 1. The van der Waals surface area contributed by atoms with Crippen LogP contribution in [0.4, 0.5) is 4.79 Å². The highest BCUT2D eigenvalue weighted by atomic mass is 16.5. The SMILES string of the molecule is C=CC[C@@]1(C(=O)N[C@@H](CCC(=O)O)C(=O)O)CCCN1C(=O)CNC(=O)OCc1ccccc1. The lowest BCUT2D eigenvalue weighted by Crippen LogP contribution is -2.61. The van der Waals surface area contributed by atoms with Gasteiger partial charge in [0.2, 0.25) is 11.8 Å². The Balaban J connectivity index is 2.02. The van der Waals surface area contributed by atoms with Crippen LogP contribution in [0.2, 0.25) is 0 Å². The maximum atomic E-state index is 13.2. The second kappa shape index (κ2) is 12.4.